The molecule has 1 saturated carbocycles. The summed E-state index contributed by atoms with van der Waals surface area (Å²) in [4.78, 5) is 17.7. The lowest BCUT2D eigenvalue weighted by atomic mass is 9.91. The fraction of sp³-hybridized carbons (Fsp3) is 0.444. The van der Waals surface area contributed by atoms with Crippen molar-refractivity contribution in [1.82, 2.24) is 14.5 Å². The van der Waals surface area contributed by atoms with Gasteiger partial charge in [0.2, 0.25) is 0 Å². The Kier molecular flexibility index (Phi) is 5.15. The molecular weight excluding hydrogens is 321 g/mol. The van der Waals surface area contributed by atoms with E-state index in [2.05, 4.69) is 9.88 Å². The number of nitrogen functional groups attached to an aromatic ring is 1. The standard InChI is InChI=1S/C18H24FN5O/c1-23(14-6-3-13(20)4-7-14)11-12-2-5-15(10-16(12)19)24-9-8-17(21)22-18(24)25/h2,5,8-10,13-14H,3-4,6-7,11,20H2,1H3,(H2,21,22,25). The van der Waals surface area contributed by atoms with E-state index >= 15 is 0 Å². The maximum absolute atomic E-state index is 14.5. The zero-order valence-electron chi connectivity index (χ0n) is 14.4. The molecule has 0 spiro atoms. The van der Waals surface area contributed by atoms with E-state index < -0.39 is 5.69 Å². The summed E-state index contributed by atoms with van der Waals surface area (Å²) in [6, 6.07) is 7.05. The van der Waals surface area contributed by atoms with Gasteiger partial charge in [-0.05, 0) is 50.9 Å². The first kappa shape index (κ1) is 17.6. The highest BCUT2D eigenvalue weighted by molar-refractivity contribution is 5.37. The van der Waals surface area contributed by atoms with E-state index in [0.717, 1.165) is 25.7 Å². The van der Waals surface area contributed by atoms with Crippen LogP contribution in [0, 0.1) is 5.82 Å². The molecule has 0 unspecified atom stereocenters. The number of anilines is 1. The van der Waals surface area contributed by atoms with Gasteiger partial charge >= 0.3 is 5.69 Å². The first-order valence-corrected chi connectivity index (χ1v) is 8.54. The average molecular weight is 345 g/mol. The molecule has 25 heavy (non-hydrogen) atoms. The maximum Gasteiger partial charge on any atom is 0.354 e. The number of rotatable bonds is 4. The van der Waals surface area contributed by atoms with E-state index in [1.807, 2.05) is 7.05 Å². The van der Waals surface area contributed by atoms with Crippen LogP contribution in [0.2, 0.25) is 0 Å². The van der Waals surface area contributed by atoms with Crippen LogP contribution >= 0.6 is 0 Å². The Hall–Kier alpha value is -2.25. The van der Waals surface area contributed by atoms with Crippen LogP contribution in [0.15, 0.2) is 35.3 Å². The normalized spacial score (nSPS) is 20.8. The van der Waals surface area contributed by atoms with Gasteiger partial charge in [-0.3, -0.25) is 9.47 Å². The third-order valence-electron chi connectivity index (χ3n) is 4.92. The second-order valence-electron chi connectivity index (χ2n) is 6.76. The fourth-order valence-electron chi connectivity index (χ4n) is 3.37. The Labute approximate surface area is 146 Å². The van der Waals surface area contributed by atoms with Crippen molar-refractivity contribution in [1.29, 1.82) is 0 Å². The first-order valence-electron chi connectivity index (χ1n) is 8.54. The van der Waals surface area contributed by atoms with Crippen molar-refractivity contribution in [2.75, 3.05) is 12.8 Å². The summed E-state index contributed by atoms with van der Waals surface area (Å²) in [5.74, 6) is -0.187. The largest absolute Gasteiger partial charge is 0.383 e. The molecule has 0 amide bonds. The molecule has 6 nitrogen and oxygen atoms in total. The molecule has 4 N–H and O–H groups in total. The highest BCUT2D eigenvalue weighted by Gasteiger charge is 2.22. The van der Waals surface area contributed by atoms with E-state index in [4.69, 9.17) is 11.5 Å². The summed E-state index contributed by atoms with van der Waals surface area (Å²) in [5.41, 5.74) is 11.9. The summed E-state index contributed by atoms with van der Waals surface area (Å²) in [6.07, 6.45) is 5.62. The molecule has 1 aromatic carbocycles. The van der Waals surface area contributed by atoms with Gasteiger partial charge in [-0.25, -0.2) is 9.18 Å². The minimum absolute atomic E-state index is 0.146. The molecule has 0 aliphatic heterocycles. The number of hydrogen-bond acceptors (Lipinski definition) is 5. The number of nitrogens with two attached hydrogens (primary N) is 2. The van der Waals surface area contributed by atoms with Gasteiger partial charge in [-0.2, -0.15) is 4.98 Å². The summed E-state index contributed by atoms with van der Waals surface area (Å²) >= 11 is 0. The number of hydrogen-bond donors (Lipinski definition) is 2. The SMILES string of the molecule is CN(Cc1ccc(-n2ccc(N)nc2=O)cc1F)C1CCC(N)CC1. The predicted octanol–water partition coefficient (Wildman–Crippen LogP) is 1.66. The van der Waals surface area contributed by atoms with E-state index in [9.17, 15) is 9.18 Å². The minimum atomic E-state index is -0.525. The first-order chi connectivity index (χ1) is 11.9. The van der Waals surface area contributed by atoms with Gasteiger partial charge in [0, 0.05) is 30.4 Å². The quantitative estimate of drug-likeness (QED) is 0.879. The summed E-state index contributed by atoms with van der Waals surface area (Å²) in [5, 5.41) is 0. The van der Waals surface area contributed by atoms with E-state index in [0.29, 0.717) is 29.9 Å². The van der Waals surface area contributed by atoms with Crippen molar-refractivity contribution >= 4 is 5.82 Å². The van der Waals surface area contributed by atoms with Crippen LogP contribution in [-0.2, 0) is 6.54 Å². The van der Waals surface area contributed by atoms with Gasteiger partial charge in [-0.1, -0.05) is 6.07 Å². The molecule has 1 aromatic heterocycles. The van der Waals surface area contributed by atoms with Crippen LogP contribution in [0.4, 0.5) is 10.2 Å². The zero-order chi connectivity index (χ0) is 18.0. The lowest BCUT2D eigenvalue weighted by Crippen LogP contribution is -2.38. The molecule has 1 fully saturated rings. The summed E-state index contributed by atoms with van der Waals surface area (Å²) in [6.45, 7) is 0.529. The summed E-state index contributed by atoms with van der Waals surface area (Å²) < 4.78 is 15.8. The lowest BCUT2D eigenvalue weighted by Gasteiger charge is -2.33. The van der Waals surface area contributed by atoms with Crippen molar-refractivity contribution in [2.45, 2.75) is 44.3 Å². The van der Waals surface area contributed by atoms with Crippen LogP contribution < -0.4 is 17.2 Å². The number of halogens is 1. The predicted molar refractivity (Wildman–Crippen MR) is 95.9 cm³/mol. The monoisotopic (exact) mass is 345 g/mol. The zero-order valence-corrected chi connectivity index (χ0v) is 14.4. The Morgan fingerprint density at radius 3 is 2.64 bits per heavy atom. The third-order valence-corrected chi connectivity index (χ3v) is 4.92. The van der Waals surface area contributed by atoms with Gasteiger partial charge in [0.15, 0.2) is 0 Å². The second kappa shape index (κ2) is 7.33. The maximum atomic E-state index is 14.5. The van der Waals surface area contributed by atoms with Crippen LogP contribution in [0.5, 0.6) is 0 Å². The molecule has 0 saturated heterocycles. The highest BCUT2D eigenvalue weighted by atomic mass is 19.1. The molecule has 134 valence electrons. The number of benzene rings is 1. The average Bonchev–Trinajstić information content (AvgIpc) is 2.57. The van der Waals surface area contributed by atoms with Crippen molar-refractivity contribution in [3.05, 3.63) is 52.3 Å². The molecule has 1 aliphatic rings. The van der Waals surface area contributed by atoms with Gasteiger partial charge < -0.3 is 11.5 Å². The van der Waals surface area contributed by atoms with Gasteiger partial charge in [0.25, 0.3) is 0 Å². The Morgan fingerprint density at radius 2 is 2.00 bits per heavy atom. The topological polar surface area (TPSA) is 90.2 Å². The van der Waals surface area contributed by atoms with Crippen LogP contribution in [-0.4, -0.2) is 33.6 Å². The molecule has 2 aromatic rings. The smallest absolute Gasteiger partial charge is 0.354 e. The van der Waals surface area contributed by atoms with Crippen LogP contribution in [0.1, 0.15) is 31.2 Å². The van der Waals surface area contributed by atoms with Crippen molar-refractivity contribution in [3.63, 3.8) is 0 Å². The molecule has 3 rings (SSSR count). The Bertz CT molecular complexity index is 798. The lowest BCUT2D eigenvalue weighted by molar-refractivity contribution is 0.174. The van der Waals surface area contributed by atoms with Crippen molar-refractivity contribution in [3.8, 4) is 5.69 Å². The van der Waals surface area contributed by atoms with Crippen molar-refractivity contribution < 1.29 is 4.39 Å². The fourth-order valence-corrected chi connectivity index (χ4v) is 3.37. The minimum Gasteiger partial charge on any atom is -0.383 e. The summed E-state index contributed by atoms with van der Waals surface area (Å²) in [7, 11) is 2.02. The van der Waals surface area contributed by atoms with E-state index in [-0.39, 0.29) is 11.6 Å². The molecule has 1 heterocycles. The molecule has 0 bridgehead atoms. The second-order valence-corrected chi connectivity index (χ2v) is 6.76. The molecular formula is C18H24FN5O. The van der Waals surface area contributed by atoms with Gasteiger partial charge in [-0.15, -0.1) is 0 Å². The third kappa shape index (κ3) is 4.05. The highest BCUT2D eigenvalue weighted by Crippen LogP contribution is 2.23. The van der Waals surface area contributed by atoms with E-state index in [1.165, 1.54) is 22.9 Å². The van der Waals surface area contributed by atoms with Crippen LogP contribution in [0.3, 0.4) is 0 Å². The molecule has 0 atom stereocenters. The molecule has 7 heteroatoms. The molecule has 1 aliphatic carbocycles. The number of aromatic nitrogens is 2. The van der Waals surface area contributed by atoms with Crippen molar-refractivity contribution in [2.24, 2.45) is 5.73 Å². The molecule has 0 radical (unpaired) electrons. The Morgan fingerprint density at radius 1 is 1.28 bits per heavy atom. The Balaban J connectivity index is 1.75. The van der Waals surface area contributed by atoms with E-state index in [1.54, 1.807) is 12.1 Å². The van der Waals surface area contributed by atoms with Crippen LogP contribution in [0.25, 0.3) is 5.69 Å². The van der Waals surface area contributed by atoms with Gasteiger partial charge in [0.05, 0.1) is 5.69 Å². The number of nitrogens with zero attached hydrogens (tertiary/aromatic N) is 3. The van der Waals surface area contributed by atoms with Gasteiger partial charge in [0.1, 0.15) is 11.6 Å².